The van der Waals surface area contributed by atoms with Crippen molar-refractivity contribution < 1.29 is 60.0 Å². The number of aliphatic hydroxyl groups is 4. The Labute approximate surface area is 143 Å². The van der Waals surface area contributed by atoms with Gasteiger partial charge in [-0.3, -0.25) is 19.2 Å². The summed E-state index contributed by atoms with van der Waals surface area (Å²) in [6.45, 7) is 4.33. The standard InChI is InChI=1S/C5H8O4.4C2H4O2/c6-3-1-2-4(7)5(8)9;4*1-2(3)4/h1-3,5-9H;4*1H3,(H,3,4). The Morgan fingerprint density at radius 3 is 1.00 bits per heavy atom. The molecule has 148 valence electrons. The summed E-state index contributed by atoms with van der Waals surface area (Å²) in [5.74, 6) is -3.94. The van der Waals surface area contributed by atoms with Crippen LogP contribution in [0.1, 0.15) is 27.7 Å². The number of carboxylic acid groups (broad SMARTS) is 4. The molecule has 0 aromatic rings. The Morgan fingerprint density at radius 2 is 0.880 bits per heavy atom. The maximum Gasteiger partial charge on any atom is 0.300 e. The number of aliphatic carboxylic acids is 4. The molecule has 25 heavy (non-hydrogen) atoms. The molecule has 0 saturated carbocycles. The molecule has 0 fully saturated rings. The fourth-order valence-electron chi connectivity index (χ4n) is 0.228. The molecule has 0 amide bonds. The van der Waals surface area contributed by atoms with Crippen molar-refractivity contribution >= 4 is 23.9 Å². The average Bonchev–Trinajstić information content (AvgIpc) is 2.32. The summed E-state index contributed by atoms with van der Waals surface area (Å²) in [4.78, 5) is 36.0. The molecular weight excluding hydrogens is 348 g/mol. The van der Waals surface area contributed by atoms with Crippen molar-refractivity contribution in [2.24, 2.45) is 0 Å². The molecule has 0 saturated heterocycles. The van der Waals surface area contributed by atoms with E-state index in [4.69, 9.17) is 60.0 Å². The first kappa shape index (κ1) is 33.5. The lowest BCUT2D eigenvalue weighted by Gasteiger charge is -1.97. The third kappa shape index (κ3) is 313. The third-order valence-corrected chi connectivity index (χ3v) is 0.618. The fraction of sp³-hybridized carbons (Fsp3) is 0.385. The van der Waals surface area contributed by atoms with Gasteiger partial charge in [-0.15, -0.1) is 0 Å². The molecule has 0 bridgehead atoms. The van der Waals surface area contributed by atoms with E-state index in [0.717, 1.165) is 39.8 Å². The molecule has 12 heteroatoms. The van der Waals surface area contributed by atoms with Crippen molar-refractivity contribution in [1.82, 2.24) is 0 Å². The molecule has 0 aliphatic heterocycles. The Kier molecular flexibility index (Phi) is 34.6. The summed E-state index contributed by atoms with van der Waals surface area (Å²) < 4.78 is 0. The van der Waals surface area contributed by atoms with Crippen molar-refractivity contribution in [3.05, 3.63) is 24.2 Å². The van der Waals surface area contributed by atoms with Crippen LogP contribution in [0.3, 0.4) is 0 Å². The van der Waals surface area contributed by atoms with Crippen LogP contribution in [0.25, 0.3) is 0 Å². The number of hydrogen-bond acceptors (Lipinski definition) is 8. The molecule has 12 nitrogen and oxygen atoms in total. The maximum atomic E-state index is 9.00. The van der Waals surface area contributed by atoms with Gasteiger partial charge in [-0.1, -0.05) is 0 Å². The molecule has 0 radical (unpaired) electrons. The molecular formula is C13H24O12. The maximum absolute atomic E-state index is 9.00. The van der Waals surface area contributed by atoms with Gasteiger partial charge in [0, 0.05) is 27.7 Å². The van der Waals surface area contributed by atoms with E-state index in [-0.39, 0.29) is 0 Å². The highest BCUT2D eigenvalue weighted by Gasteiger charge is 1.99. The van der Waals surface area contributed by atoms with E-state index in [1.807, 2.05) is 0 Å². The quantitative estimate of drug-likeness (QED) is 0.184. The topological polar surface area (TPSA) is 230 Å². The number of carbonyl (C=O) groups is 4. The van der Waals surface area contributed by atoms with Crippen LogP contribution in [0.2, 0.25) is 0 Å². The van der Waals surface area contributed by atoms with E-state index in [1.165, 1.54) is 0 Å². The summed E-state index contributed by atoms with van der Waals surface area (Å²) in [5.41, 5.74) is 0. The third-order valence-electron chi connectivity index (χ3n) is 0.618. The summed E-state index contributed by atoms with van der Waals surface area (Å²) in [5, 5.41) is 62.5. The van der Waals surface area contributed by atoms with Crippen molar-refractivity contribution in [1.29, 1.82) is 0 Å². The number of hydrogen-bond donors (Lipinski definition) is 8. The second kappa shape index (κ2) is 25.8. The Bertz CT molecular complexity index is 359. The van der Waals surface area contributed by atoms with Gasteiger partial charge in [0.2, 0.25) is 6.29 Å². The molecule has 0 rings (SSSR count). The molecule has 8 N–H and O–H groups in total. The van der Waals surface area contributed by atoms with Crippen LogP contribution in [-0.4, -0.2) is 71.0 Å². The van der Waals surface area contributed by atoms with Gasteiger partial charge < -0.3 is 40.9 Å². The van der Waals surface area contributed by atoms with Gasteiger partial charge in [0.05, 0.1) is 6.26 Å². The van der Waals surface area contributed by atoms with Gasteiger partial charge in [0.25, 0.3) is 23.9 Å². The summed E-state index contributed by atoms with van der Waals surface area (Å²) in [6.07, 6.45) is 0.819. The van der Waals surface area contributed by atoms with Crippen LogP contribution < -0.4 is 0 Å². The van der Waals surface area contributed by atoms with E-state index >= 15 is 0 Å². The highest BCUT2D eigenvalue weighted by Crippen LogP contribution is 1.92. The van der Waals surface area contributed by atoms with Crippen molar-refractivity contribution in [2.45, 2.75) is 34.0 Å². The zero-order valence-electron chi connectivity index (χ0n) is 14.0. The van der Waals surface area contributed by atoms with Crippen LogP contribution in [0.4, 0.5) is 0 Å². The van der Waals surface area contributed by atoms with Crippen LogP contribution in [-0.2, 0) is 19.2 Å². The van der Waals surface area contributed by atoms with Crippen LogP contribution in [0.5, 0.6) is 0 Å². The predicted octanol–water partition coefficient (Wildman–Crippen LogP) is 0.174. The van der Waals surface area contributed by atoms with Gasteiger partial charge in [0.1, 0.15) is 5.76 Å². The van der Waals surface area contributed by atoms with E-state index in [2.05, 4.69) is 0 Å². The smallest absolute Gasteiger partial charge is 0.300 e. The van der Waals surface area contributed by atoms with Gasteiger partial charge in [-0.05, 0) is 12.2 Å². The fourth-order valence-corrected chi connectivity index (χ4v) is 0.228. The Hall–Kier alpha value is -3.12. The summed E-state index contributed by atoms with van der Waals surface area (Å²) in [7, 11) is 0. The highest BCUT2D eigenvalue weighted by atomic mass is 16.5. The highest BCUT2D eigenvalue weighted by molar-refractivity contribution is 5.63. The SMILES string of the molecule is CC(=O)O.CC(=O)O.CC(=O)O.CC(=O)O.OC=CC=C(O)C(O)O. The van der Waals surface area contributed by atoms with Crippen LogP contribution in [0.15, 0.2) is 24.2 Å². The van der Waals surface area contributed by atoms with Gasteiger partial charge >= 0.3 is 0 Å². The summed E-state index contributed by atoms with van der Waals surface area (Å²) in [6, 6.07) is 0. The van der Waals surface area contributed by atoms with Gasteiger partial charge in [0.15, 0.2) is 0 Å². The predicted molar refractivity (Wildman–Crippen MR) is 83.9 cm³/mol. The van der Waals surface area contributed by atoms with E-state index in [9.17, 15) is 0 Å². The molecule has 0 aliphatic rings. The Morgan fingerprint density at radius 1 is 0.680 bits per heavy atom. The number of rotatable bonds is 2. The average molecular weight is 372 g/mol. The van der Waals surface area contributed by atoms with Crippen LogP contribution in [0, 0.1) is 0 Å². The molecule has 0 aromatic carbocycles. The number of allylic oxidation sites excluding steroid dienone is 2. The van der Waals surface area contributed by atoms with E-state index < -0.39 is 35.9 Å². The van der Waals surface area contributed by atoms with Crippen molar-refractivity contribution in [2.75, 3.05) is 0 Å². The van der Waals surface area contributed by atoms with Gasteiger partial charge in [-0.25, -0.2) is 0 Å². The first-order chi connectivity index (χ1) is 11.1. The molecule has 0 heterocycles. The van der Waals surface area contributed by atoms with E-state index in [0.29, 0.717) is 6.26 Å². The minimum atomic E-state index is -1.87. The van der Waals surface area contributed by atoms with Crippen LogP contribution >= 0.6 is 0 Å². The molecule has 0 aliphatic carbocycles. The largest absolute Gasteiger partial charge is 0.516 e. The molecule has 0 spiro atoms. The van der Waals surface area contributed by atoms with E-state index in [1.54, 1.807) is 0 Å². The van der Waals surface area contributed by atoms with Crippen molar-refractivity contribution in [3.63, 3.8) is 0 Å². The zero-order chi connectivity index (χ0) is 21.6. The van der Waals surface area contributed by atoms with Crippen molar-refractivity contribution in [3.8, 4) is 0 Å². The second-order valence-corrected chi connectivity index (χ2v) is 3.38. The minimum Gasteiger partial charge on any atom is -0.516 e. The monoisotopic (exact) mass is 372 g/mol. The molecule has 0 unspecified atom stereocenters. The Balaban J connectivity index is -0.0000000714. The second-order valence-electron chi connectivity index (χ2n) is 3.38. The van der Waals surface area contributed by atoms with Gasteiger partial charge in [-0.2, -0.15) is 0 Å². The number of aliphatic hydroxyl groups excluding tert-OH is 3. The lowest BCUT2D eigenvalue weighted by atomic mass is 10.4. The number of carboxylic acids is 4. The lowest BCUT2D eigenvalue weighted by Crippen LogP contribution is -2.06. The molecule has 0 aromatic heterocycles. The first-order valence-corrected chi connectivity index (χ1v) is 5.95. The zero-order valence-corrected chi connectivity index (χ0v) is 14.0. The normalized spacial score (nSPS) is 8.84. The molecule has 0 atom stereocenters. The first-order valence-electron chi connectivity index (χ1n) is 5.95. The minimum absolute atomic E-state index is 0.611. The lowest BCUT2D eigenvalue weighted by molar-refractivity contribution is -0.135. The summed E-state index contributed by atoms with van der Waals surface area (Å²) >= 11 is 0.